The zero-order valence-electron chi connectivity index (χ0n) is 21.9. The minimum Gasteiger partial charge on any atom is -0.493 e. The van der Waals surface area contributed by atoms with Gasteiger partial charge in [0.1, 0.15) is 29.8 Å². The zero-order valence-corrected chi connectivity index (χ0v) is 23.5. The monoisotopic (exact) mass is 567 g/mol. The van der Waals surface area contributed by atoms with Crippen LogP contribution in [0.15, 0.2) is 59.7 Å². The van der Waals surface area contributed by atoms with Crippen LogP contribution in [0.2, 0.25) is 5.02 Å². The molecule has 4 aromatic rings. The molecule has 1 fully saturated rings. The molecule has 2 N–H and O–H groups in total. The number of thiophene rings is 1. The Morgan fingerprint density at radius 3 is 2.56 bits per heavy atom. The molecule has 2 heterocycles. The third kappa shape index (κ3) is 5.95. The van der Waals surface area contributed by atoms with Crippen LogP contribution in [-0.4, -0.2) is 41.4 Å². The molecular weight excluding hydrogens is 538 g/mol. The summed E-state index contributed by atoms with van der Waals surface area (Å²) >= 11 is 7.40. The van der Waals surface area contributed by atoms with Crippen molar-refractivity contribution >= 4 is 39.1 Å². The van der Waals surface area contributed by atoms with Crippen LogP contribution in [-0.2, 0) is 9.53 Å². The van der Waals surface area contributed by atoms with Crippen molar-refractivity contribution < 1.29 is 19.0 Å². The fraction of sp³-hybridized carbons (Fsp3) is 0.345. The van der Waals surface area contributed by atoms with Gasteiger partial charge in [0.15, 0.2) is 11.5 Å². The van der Waals surface area contributed by atoms with E-state index in [1.165, 1.54) is 29.3 Å². The molecule has 0 bridgehead atoms. The summed E-state index contributed by atoms with van der Waals surface area (Å²) in [6.45, 7) is 3.96. The van der Waals surface area contributed by atoms with Crippen LogP contribution < -0.4 is 20.8 Å². The van der Waals surface area contributed by atoms with Gasteiger partial charge in [0.2, 0.25) is 0 Å². The molecule has 1 aliphatic carbocycles. The summed E-state index contributed by atoms with van der Waals surface area (Å²) in [6.07, 6.45) is 3.10. The molecule has 2 aromatic carbocycles. The third-order valence-electron chi connectivity index (χ3n) is 6.80. The van der Waals surface area contributed by atoms with Crippen molar-refractivity contribution in [3.63, 3.8) is 0 Å². The number of rotatable bonds is 10. The average molecular weight is 568 g/mol. The Hall–Kier alpha value is -3.40. The number of benzene rings is 2. The van der Waals surface area contributed by atoms with Gasteiger partial charge in [0, 0.05) is 16.0 Å². The lowest BCUT2D eigenvalue weighted by Gasteiger charge is -2.22. The van der Waals surface area contributed by atoms with Crippen LogP contribution in [0.5, 0.6) is 11.5 Å². The van der Waals surface area contributed by atoms with E-state index in [9.17, 15) is 9.59 Å². The molecular formula is C29H30ClN3O5S. The summed E-state index contributed by atoms with van der Waals surface area (Å²) < 4.78 is 19.3. The van der Waals surface area contributed by atoms with Crippen LogP contribution in [0.3, 0.4) is 0 Å². The van der Waals surface area contributed by atoms with Crippen LogP contribution in [0.25, 0.3) is 26.3 Å². The molecule has 0 aliphatic heterocycles. The second-order valence-corrected chi connectivity index (χ2v) is 11.5. The standard InChI is InChI=1S/C29H30ClN3O5S/c1-16(2)26(31)29(35)38-24(17-4-5-17)14-37-22-11-10-20(12-23(22)36-3)33-15-32-21-13-25(39-27(21)28(33)34)18-6-8-19(30)9-7-18/h6-13,15-17,24,26H,4-5,14,31H2,1-3H3/t24-,26-/m0/s1. The number of hydrogen-bond donors (Lipinski definition) is 1. The number of esters is 1. The molecule has 1 saturated carbocycles. The third-order valence-corrected chi connectivity index (χ3v) is 8.21. The highest BCUT2D eigenvalue weighted by Crippen LogP contribution is 2.37. The van der Waals surface area contributed by atoms with Gasteiger partial charge in [-0.25, -0.2) is 4.98 Å². The van der Waals surface area contributed by atoms with Gasteiger partial charge in [-0.1, -0.05) is 37.6 Å². The van der Waals surface area contributed by atoms with Gasteiger partial charge < -0.3 is 19.9 Å². The number of fused-ring (bicyclic) bond motifs is 1. The SMILES string of the molecule is COc1cc(-n2cnc3cc(-c4ccc(Cl)cc4)sc3c2=O)ccc1OC[C@H](OC(=O)[C@@H](N)C(C)C)C1CC1. The number of carbonyl (C=O) groups is 1. The number of ether oxygens (including phenoxy) is 3. The molecule has 0 saturated heterocycles. The Labute approximate surface area is 235 Å². The number of hydrogen-bond acceptors (Lipinski definition) is 8. The van der Waals surface area contributed by atoms with Gasteiger partial charge in [-0.05, 0) is 60.6 Å². The lowest BCUT2D eigenvalue weighted by atomic mass is 10.1. The summed E-state index contributed by atoms with van der Waals surface area (Å²) in [7, 11) is 1.54. The van der Waals surface area contributed by atoms with E-state index < -0.39 is 12.0 Å². The van der Waals surface area contributed by atoms with Gasteiger partial charge >= 0.3 is 5.97 Å². The fourth-order valence-corrected chi connectivity index (χ4v) is 5.36. The van der Waals surface area contributed by atoms with E-state index in [0.717, 1.165) is 23.3 Å². The molecule has 0 spiro atoms. The van der Waals surface area contributed by atoms with E-state index >= 15 is 0 Å². The zero-order chi connectivity index (χ0) is 27.7. The Morgan fingerprint density at radius 1 is 1.15 bits per heavy atom. The van der Waals surface area contributed by atoms with E-state index in [2.05, 4.69) is 4.98 Å². The summed E-state index contributed by atoms with van der Waals surface area (Å²) in [5, 5.41) is 0.654. The first kappa shape index (κ1) is 27.2. The maximum atomic E-state index is 13.4. The Bertz CT molecular complexity index is 1550. The molecule has 39 heavy (non-hydrogen) atoms. The van der Waals surface area contributed by atoms with Crippen LogP contribution in [0.4, 0.5) is 0 Å². The number of carbonyl (C=O) groups excluding carboxylic acids is 1. The van der Waals surface area contributed by atoms with Crippen LogP contribution in [0.1, 0.15) is 26.7 Å². The van der Waals surface area contributed by atoms with Crippen molar-refractivity contribution in [1.82, 2.24) is 9.55 Å². The lowest BCUT2D eigenvalue weighted by Crippen LogP contribution is -2.40. The van der Waals surface area contributed by atoms with Gasteiger partial charge in [-0.15, -0.1) is 11.3 Å². The number of halogens is 1. The minimum absolute atomic E-state index is 0.0128. The highest BCUT2D eigenvalue weighted by atomic mass is 35.5. The number of nitrogens with two attached hydrogens (primary N) is 1. The fourth-order valence-electron chi connectivity index (χ4n) is 4.18. The van der Waals surface area contributed by atoms with Gasteiger partial charge in [0.05, 0.1) is 18.3 Å². The molecule has 0 radical (unpaired) electrons. The Morgan fingerprint density at radius 2 is 1.90 bits per heavy atom. The van der Waals surface area contributed by atoms with Crippen LogP contribution in [0, 0.1) is 11.8 Å². The summed E-state index contributed by atoms with van der Waals surface area (Å²) in [4.78, 5) is 31.3. The van der Waals surface area contributed by atoms with Crippen molar-refractivity contribution in [2.75, 3.05) is 13.7 Å². The summed E-state index contributed by atoms with van der Waals surface area (Å²) in [5.41, 5.74) is 7.98. The predicted molar refractivity (Wildman–Crippen MR) is 153 cm³/mol. The van der Waals surface area contributed by atoms with Crippen molar-refractivity contribution in [3.05, 3.63) is 70.2 Å². The summed E-state index contributed by atoms with van der Waals surface area (Å²) in [5.74, 6) is 0.772. The van der Waals surface area contributed by atoms with Crippen molar-refractivity contribution in [1.29, 1.82) is 0 Å². The molecule has 1 aliphatic rings. The van der Waals surface area contributed by atoms with Gasteiger partial charge in [-0.2, -0.15) is 0 Å². The molecule has 10 heteroatoms. The first-order valence-corrected chi connectivity index (χ1v) is 14.0. The highest BCUT2D eigenvalue weighted by Gasteiger charge is 2.36. The molecule has 8 nitrogen and oxygen atoms in total. The molecule has 2 atom stereocenters. The average Bonchev–Trinajstić information content (AvgIpc) is 3.69. The van der Waals surface area contributed by atoms with E-state index in [1.807, 2.05) is 44.2 Å². The second kappa shape index (κ2) is 11.4. The van der Waals surface area contributed by atoms with Crippen molar-refractivity contribution in [2.45, 2.75) is 38.8 Å². The number of nitrogens with zero attached hydrogens (tertiary/aromatic N) is 2. The molecule has 204 valence electrons. The maximum absolute atomic E-state index is 13.4. The number of aromatic nitrogens is 2. The predicted octanol–water partition coefficient (Wildman–Crippen LogP) is 5.46. The molecule has 2 aromatic heterocycles. The van der Waals surface area contributed by atoms with E-state index in [0.29, 0.717) is 32.4 Å². The smallest absolute Gasteiger partial charge is 0.323 e. The highest BCUT2D eigenvalue weighted by molar-refractivity contribution is 7.22. The first-order chi connectivity index (χ1) is 18.7. The minimum atomic E-state index is -0.671. The lowest BCUT2D eigenvalue weighted by molar-refractivity contribution is -0.154. The number of methoxy groups -OCH3 is 1. The normalized spacial score (nSPS) is 14.8. The van der Waals surface area contributed by atoms with Crippen molar-refractivity contribution in [2.24, 2.45) is 17.6 Å². The van der Waals surface area contributed by atoms with Crippen LogP contribution >= 0.6 is 22.9 Å². The largest absolute Gasteiger partial charge is 0.493 e. The molecule has 0 unspecified atom stereocenters. The van der Waals surface area contributed by atoms with Gasteiger partial charge in [-0.3, -0.25) is 14.2 Å². The second-order valence-electron chi connectivity index (χ2n) is 9.98. The Balaban J connectivity index is 1.36. The Kier molecular flexibility index (Phi) is 7.93. The van der Waals surface area contributed by atoms with Gasteiger partial charge in [0.25, 0.3) is 5.56 Å². The van der Waals surface area contributed by atoms with E-state index in [-0.39, 0.29) is 30.1 Å². The maximum Gasteiger partial charge on any atom is 0.323 e. The van der Waals surface area contributed by atoms with E-state index in [4.69, 9.17) is 31.5 Å². The summed E-state index contributed by atoms with van der Waals surface area (Å²) in [6, 6.07) is 14.0. The van der Waals surface area contributed by atoms with Crippen molar-refractivity contribution in [3.8, 4) is 27.6 Å². The first-order valence-electron chi connectivity index (χ1n) is 12.8. The topological polar surface area (TPSA) is 106 Å². The van der Waals surface area contributed by atoms with E-state index in [1.54, 1.807) is 18.2 Å². The quantitative estimate of drug-likeness (QED) is 0.254. The molecule has 0 amide bonds. The molecule has 5 rings (SSSR count).